The van der Waals surface area contributed by atoms with E-state index in [1.54, 1.807) is 12.1 Å². The van der Waals surface area contributed by atoms with Gasteiger partial charge in [-0.2, -0.15) is 5.26 Å². The molecule has 0 spiro atoms. The van der Waals surface area contributed by atoms with E-state index in [1.165, 1.54) is 18.2 Å². The number of nitriles is 1. The topological polar surface area (TPSA) is 96.0 Å². The Kier molecular flexibility index (Phi) is 4.16. The van der Waals surface area contributed by atoms with Crippen LogP contribution in [-0.4, -0.2) is 8.42 Å². The van der Waals surface area contributed by atoms with Gasteiger partial charge >= 0.3 is 0 Å². The lowest BCUT2D eigenvalue weighted by Crippen LogP contribution is -2.15. The van der Waals surface area contributed by atoms with Crippen molar-refractivity contribution in [3.8, 4) is 6.07 Å². The van der Waals surface area contributed by atoms with Crippen molar-refractivity contribution < 1.29 is 12.8 Å². The highest BCUT2D eigenvalue weighted by Crippen LogP contribution is 2.26. The highest BCUT2D eigenvalue weighted by Gasteiger charge is 2.19. The summed E-state index contributed by atoms with van der Waals surface area (Å²) >= 11 is 3.16. The third-order valence-corrected chi connectivity index (χ3v) is 4.53. The summed E-state index contributed by atoms with van der Waals surface area (Å²) in [6.07, 6.45) is 0. The molecule has 3 N–H and O–H groups in total. The first-order chi connectivity index (χ1) is 9.83. The van der Waals surface area contributed by atoms with Crippen LogP contribution in [0.5, 0.6) is 0 Å². The molecule has 0 amide bonds. The Labute approximate surface area is 129 Å². The van der Waals surface area contributed by atoms with Crippen LogP contribution in [0.3, 0.4) is 0 Å². The minimum Gasteiger partial charge on any atom is -0.398 e. The van der Waals surface area contributed by atoms with Crippen molar-refractivity contribution in [2.45, 2.75) is 4.90 Å². The summed E-state index contributed by atoms with van der Waals surface area (Å²) < 4.78 is 40.4. The molecule has 0 aromatic heterocycles. The molecule has 0 fully saturated rings. The second-order valence-electron chi connectivity index (χ2n) is 4.09. The fraction of sp³-hybridized carbons (Fsp3) is 0. The first kappa shape index (κ1) is 15.3. The highest BCUT2D eigenvalue weighted by molar-refractivity contribution is 9.10. The van der Waals surface area contributed by atoms with Crippen LogP contribution < -0.4 is 10.5 Å². The molecule has 0 bridgehead atoms. The number of nitrogens with two attached hydrogens (primary N) is 1. The van der Waals surface area contributed by atoms with E-state index in [-0.39, 0.29) is 21.8 Å². The van der Waals surface area contributed by atoms with E-state index in [1.807, 2.05) is 0 Å². The quantitative estimate of drug-likeness (QED) is 0.812. The molecule has 0 saturated heterocycles. The number of nitrogen functional groups attached to an aromatic ring is 1. The lowest BCUT2D eigenvalue weighted by atomic mass is 10.2. The maximum Gasteiger partial charge on any atom is 0.264 e. The molecule has 5 nitrogen and oxygen atoms in total. The first-order valence-electron chi connectivity index (χ1n) is 5.61. The minimum absolute atomic E-state index is 0.0155. The number of benzene rings is 2. The summed E-state index contributed by atoms with van der Waals surface area (Å²) in [5.74, 6) is -0.628. The maximum atomic E-state index is 13.1. The van der Waals surface area contributed by atoms with Crippen molar-refractivity contribution in [3.63, 3.8) is 0 Å². The van der Waals surface area contributed by atoms with E-state index in [0.717, 1.165) is 12.1 Å². The third kappa shape index (κ3) is 3.32. The van der Waals surface area contributed by atoms with E-state index in [2.05, 4.69) is 20.7 Å². The number of rotatable bonds is 3. The number of anilines is 2. The first-order valence-corrected chi connectivity index (χ1v) is 7.88. The summed E-state index contributed by atoms with van der Waals surface area (Å²) in [7, 11) is -3.99. The van der Waals surface area contributed by atoms with Gasteiger partial charge in [-0.1, -0.05) is 15.9 Å². The lowest BCUT2D eigenvalue weighted by molar-refractivity contribution is 0.601. The molecule has 108 valence electrons. The van der Waals surface area contributed by atoms with Crippen molar-refractivity contribution in [3.05, 3.63) is 52.3 Å². The van der Waals surface area contributed by atoms with Crippen LogP contribution in [0.2, 0.25) is 0 Å². The van der Waals surface area contributed by atoms with Crippen LogP contribution in [0, 0.1) is 17.1 Å². The van der Waals surface area contributed by atoms with Gasteiger partial charge in [0.05, 0.1) is 16.9 Å². The van der Waals surface area contributed by atoms with Crippen LogP contribution in [0.15, 0.2) is 45.8 Å². The van der Waals surface area contributed by atoms with Crippen LogP contribution >= 0.6 is 15.9 Å². The summed E-state index contributed by atoms with van der Waals surface area (Å²) in [4.78, 5) is -0.134. The Morgan fingerprint density at radius 3 is 2.62 bits per heavy atom. The number of hydrogen-bond donors (Lipinski definition) is 2. The number of sulfonamides is 1. The van der Waals surface area contributed by atoms with E-state index in [9.17, 15) is 12.8 Å². The van der Waals surface area contributed by atoms with Gasteiger partial charge in [-0.15, -0.1) is 0 Å². The number of hydrogen-bond acceptors (Lipinski definition) is 4. The Morgan fingerprint density at radius 1 is 1.24 bits per heavy atom. The molecule has 0 heterocycles. The van der Waals surface area contributed by atoms with Crippen molar-refractivity contribution >= 4 is 37.3 Å². The fourth-order valence-electron chi connectivity index (χ4n) is 1.64. The average molecular weight is 370 g/mol. The van der Waals surface area contributed by atoms with Crippen molar-refractivity contribution in [2.24, 2.45) is 0 Å². The van der Waals surface area contributed by atoms with Crippen molar-refractivity contribution in [1.29, 1.82) is 5.26 Å². The zero-order valence-electron chi connectivity index (χ0n) is 10.5. The zero-order valence-corrected chi connectivity index (χ0v) is 12.9. The lowest BCUT2D eigenvalue weighted by Gasteiger charge is -2.11. The van der Waals surface area contributed by atoms with Crippen LogP contribution in [0.25, 0.3) is 0 Å². The highest BCUT2D eigenvalue weighted by atomic mass is 79.9. The van der Waals surface area contributed by atoms with Crippen LogP contribution in [-0.2, 0) is 10.0 Å². The Morgan fingerprint density at radius 2 is 1.95 bits per heavy atom. The predicted molar refractivity (Wildman–Crippen MR) is 80.5 cm³/mol. The van der Waals surface area contributed by atoms with Gasteiger partial charge in [0.15, 0.2) is 0 Å². The second kappa shape index (κ2) is 5.71. The monoisotopic (exact) mass is 369 g/mol. The van der Waals surface area contributed by atoms with Crippen LogP contribution in [0.4, 0.5) is 15.8 Å². The predicted octanol–water partition coefficient (Wildman–Crippen LogP) is 2.84. The average Bonchev–Trinajstić information content (AvgIpc) is 2.43. The third-order valence-electron chi connectivity index (χ3n) is 2.61. The normalized spacial score (nSPS) is 10.9. The van der Waals surface area contributed by atoms with Gasteiger partial charge in [0.2, 0.25) is 0 Å². The Balaban J connectivity index is 2.48. The van der Waals surface area contributed by atoms with Gasteiger partial charge in [-0.25, -0.2) is 12.8 Å². The van der Waals surface area contributed by atoms with Crippen LogP contribution in [0.1, 0.15) is 5.56 Å². The van der Waals surface area contributed by atoms with Gasteiger partial charge in [-0.05, 0) is 36.4 Å². The molecule has 0 unspecified atom stereocenters. The summed E-state index contributed by atoms with van der Waals surface area (Å²) in [6, 6.07) is 9.30. The SMILES string of the molecule is N#Cc1cc(F)ccc1NS(=O)(=O)c1cc(Br)ccc1N. The molecule has 0 aliphatic carbocycles. The largest absolute Gasteiger partial charge is 0.398 e. The summed E-state index contributed by atoms with van der Waals surface area (Å²) in [5, 5.41) is 8.93. The molecular weight excluding hydrogens is 361 g/mol. The molecule has 2 aromatic carbocycles. The molecule has 8 heteroatoms. The van der Waals surface area contributed by atoms with E-state index in [0.29, 0.717) is 4.47 Å². The molecule has 21 heavy (non-hydrogen) atoms. The van der Waals surface area contributed by atoms with E-state index < -0.39 is 15.8 Å². The Hall–Kier alpha value is -2.11. The molecule has 0 saturated carbocycles. The number of halogens is 2. The molecule has 2 aromatic rings. The van der Waals surface area contributed by atoms with E-state index >= 15 is 0 Å². The molecule has 0 radical (unpaired) electrons. The standard InChI is InChI=1S/C13H9BrFN3O2S/c14-9-1-3-11(17)13(6-9)21(19,20)18-12-4-2-10(15)5-8(12)7-16/h1-6,18H,17H2. The van der Waals surface area contributed by atoms with Gasteiger partial charge in [-0.3, -0.25) is 4.72 Å². The zero-order chi connectivity index (χ0) is 15.6. The van der Waals surface area contributed by atoms with Crippen molar-refractivity contribution in [2.75, 3.05) is 10.5 Å². The van der Waals surface area contributed by atoms with Gasteiger partial charge in [0, 0.05) is 4.47 Å². The van der Waals surface area contributed by atoms with Gasteiger partial charge in [0.1, 0.15) is 16.8 Å². The number of nitrogens with zero attached hydrogens (tertiary/aromatic N) is 1. The number of nitrogens with one attached hydrogen (secondary N) is 1. The van der Waals surface area contributed by atoms with E-state index in [4.69, 9.17) is 11.0 Å². The molecule has 0 aliphatic rings. The molecule has 0 aliphatic heterocycles. The summed E-state index contributed by atoms with van der Waals surface area (Å²) in [5.41, 5.74) is 5.59. The Bertz CT molecular complexity index is 847. The fourth-order valence-corrected chi connectivity index (χ4v) is 3.39. The smallest absolute Gasteiger partial charge is 0.264 e. The van der Waals surface area contributed by atoms with Crippen molar-refractivity contribution in [1.82, 2.24) is 0 Å². The molecular formula is C13H9BrFN3O2S. The minimum atomic E-state index is -3.99. The maximum absolute atomic E-state index is 13.1. The summed E-state index contributed by atoms with van der Waals surface area (Å²) in [6.45, 7) is 0. The molecule has 2 rings (SSSR count). The second-order valence-corrected chi connectivity index (χ2v) is 6.66. The van der Waals surface area contributed by atoms with Gasteiger partial charge < -0.3 is 5.73 Å². The molecule has 0 atom stereocenters. The van der Waals surface area contributed by atoms with Gasteiger partial charge in [0.25, 0.3) is 10.0 Å².